The Morgan fingerprint density at radius 3 is 2.41 bits per heavy atom. The van der Waals surface area contributed by atoms with Crippen molar-refractivity contribution < 1.29 is 14.3 Å². The van der Waals surface area contributed by atoms with Crippen LogP contribution in [-0.4, -0.2) is 18.4 Å². The molecule has 0 spiro atoms. The number of benzene rings is 3. The number of nitrogens with one attached hydrogen (secondary N) is 2. The van der Waals surface area contributed by atoms with Crippen LogP contribution in [0.4, 0.5) is 11.4 Å². The highest BCUT2D eigenvalue weighted by molar-refractivity contribution is 9.11. The fraction of sp³-hybridized carbons (Fsp3) is 0.0800. The summed E-state index contributed by atoms with van der Waals surface area (Å²) in [5.74, 6) is -0.674. The first kappa shape index (κ1) is 25.5. The molecule has 0 unspecified atom stereocenters. The van der Waals surface area contributed by atoms with Crippen LogP contribution >= 0.6 is 43.5 Å². The second-order valence-corrected chi connectivity index (χ2v) is 9.24. The van der Waals surface area contributed by atoms with Gasteiger partial charge in [0.25, 0.3) is 11.8 Å². The van der Waals surface area contributed by atoms with E-state index in [1.54, 1.807) is 42.5 Å². The van der Waals surface area contributed by atoms with E-state index in [-0.39, 0.29) is 18.1 Å². The lowest BCUT2D eigenvalue weighted by molar-refractivity contribution is -0.118. The Balaban J connectivity index is 1.82. The second kappa shape index (κ2) is 11.8. The molecular weight excluding hydrogens is 586 g/mol. The minimum atomic E-state index is -0.630. The molecule has 2 amide bonds. The average Bonchev–Trinajstić information content (AvgIpc) is 2.79. The van der Waals surface area contributed by atoms with Gasteiger partial charge in [-0.1, -0.05) is 57.9 Å². The molecule has 0 aliphatic carbocycles. The van der Waals surface area contributed by atoms with Crippen LogP contribution in [0.1, 0.15) is 11.1 Å². The first-order valence-corrected chi connectivity index (χ1v) is 11.9. The largest absolute Gasteiger partial charge is 0.482 e. The van der Waals surface area contributed by atoms with Crippen LogP contribution in [0, 0.1) is 18.3 Å². The first-order chi connectivity index (χ1) is 16.3. The predicted molar refractivity (Wildman–Crippen MR) is 141 cm³/mol. The number of para-hydroxylation sites is 2. The zero-order valence-electron chi connectivity index (χ0n) is 17.9. The molecule has 0 bridgehead atoms. The van der Waals surface area contributed by atoms with E-state index in [9.17, 15) is 14.9 Å². The number of hydrogen-bond acceptors (Lipinski definition) is 4. The summed E-state index contributed by atoms with van der Waals surface area (Å²) in [5, 5.41) is 15.4. The maximum absolute atomic E-state index is 12.7. The summed E-state index contributed by atoms with van der Waals surface area (Å²) >= 11 is 12.9. The average molecular weight is 604 g/mol. The number of aryl methyl sites for hydroxylation is 1. The van der Waals surface area contributed by atoms with Gasteiger partial charge in [0.05, 0.1) is 15.2 Å². The van der Waals surface area contributed by atoms with Crippen molar-refractivity contribution in [3.63, 3.8) is 0 Å². The number of hydrogen-bond donors (Lipinski definition) is 2. The van der Waals surface area contributed by atoms with Crippen LogP contribution in [-0.2, 0) is 9.59 Å². The highest BCUT2D eigenvalue weighted by Gasteiger charge is 2.16. The third kappa shape index (κ3) is 6.70. The van der Waals surface area contributed by atoms with E-state index in [0.29, 0.717) is 36.7 Å². The van der Waals surface area contributed by atoms with Gasteiger partial charge in [0.15, 0.2) is 6.61 Å². The van der Waals surface area contributed by atoms with Gasteiger partial charge in [-0.25, -0.2) is 0 Å². The number of nitriles is 1. The fourth-order valence-corrected chi connectivity index (χ4v) is 4.49. The molecule has 6 nitrogen and oxygen atoms in total. The van der Waals surface area contributed by atoms with Crippen molar-refractivity contribution in [1.29, 1.82) is 5.26 Å². The number of nitrogens with zero attached hydrogens (tertiary/aromatic N) is 1. The lowest BCUT2D eigenvalue weighted by atomic mass is 10.1. The normalized spacial score (nSPS) is 10.9. The van der Waals surface area contributed by atoms with Gasteiger partial charge in [-0.05, 0) is 64.8 Å². The summed E-state index contributed by atoms with van der Waals surface area (Å²) in [6.45, 7) is 1.62. The number of anilines is 2. The van der Waals surface area contributed by atoms with Crippen molar-refractivity contribution in [2.45, 2.75) is 6.92 Å². The van der Waals surface area contributed by atoms with E-state index >= 15 is 0 Å². The molecule has 0 aliphatic rings. The number of carbonyl (C=O) groups is 2. The third-order valence-corrected chi connectivity index (χ3v) is 5.97. The van der Waals surface area contributed by atoms with Crippen molar-refractivity contribution >= 4 is 72.7 Å². The molecule has 0 aromatic heterocycles. The molecule has 0 saturated carbocycles. The molecule has 0 saturated heterocycles. The molecule has 34 heavy (non-hydrogen) atoms. The summed E-state index contributed by atoms with van der Waals surface area (Å²) in [4.78, 5) is 25.1. The second-order valence-electron chi connectivity index (χ2n) is 7.06. The van der Waals surface area contributed by atoms with E-state index in [2.05, 4.69) is 42.5 Å². The molecule has 9 heteroatoms. The van der Waals surface area contributed by atoms with E-state index < -0.39 is 5.91 Å². The first-order valence-electron chi connectivity index (χ1n) is 9.93. The molecule has 0 fully saturated rings. The molecule has 0 heterocycles. The van der Waals surface area contributed by atoms with Crippen LogP contribution in [0.25, 0.3) is 6.08 Å². The van der Waals surface area contributed by atoms with Crippen molar-refractivity contribution in [2.24, 2.45) is 0 Å². The van der Waals surface area contributed by atoms with Gasteiger partial charge >= 0.3 is 0 Å². The molecule has 0 radical (unpaired) electrons. The summed E-state index contributed by atoms with van der Waals surface area (Å²) in [6, 6.07) is 19.4. The number of carbonyl (C=O) groups excluding carboxylic acids is 2. The predicted octanol–water partition coefficient (Wildman–Crippen LogP) is 6.74. The molecule has 0 aliphatic heterocycles. The summed E-state index contributed by atoms with van der Waals surface area (Å²) in [6.07, 6.45) is 1.39. The van der Waals surface area contributed by atoms with Crippen molar-refractivity contribution in [3.05, 3.63) is 91.3 Å². The van der Waals surface area contributed by atoms with E-state index in [1.165, 1.54) is 6.08 Å². The molecular formula is C25H18Br2ClN3O3. The molecule has 3 aromatic carbocycles. The van der Waals surface area contributed by atoms with Crippen LogP contribution in [0.2, 0.25) is 5.02 Å². The van der Waals surface area contributed by atoms with Crippen molar-refractivity contribution in [3.8, 4) is 11.8 Å². The van der Waals surface area contributed by atoms with Crippen LogP contribution < -0.4 is 15.4 Å². The Hall–Kier alpha value is -3.12. The lowest BCUT2D eigenvalue weighted by Gasteiger charge is -2.13. The van der Waals surface area contributed by atoms with E-state index in [0.717, 1.165) is 5.56 Å². The summed E-state index contributed by atoms with van der Waals surface area (Å²) in [7, 11) is 0. The summed E-state index contributed by atoms with van der Waals surface area (Å²) < 4.78 is 7.00. The van der Waals surface area contributed by atoms with Gasteiger partial charge in [-0.2, -0.15) is 5.26 Å². The monoisotopic (exact) mass is 601 g/mol. The molecule has 172 valence electrons. The maximum Gasteiger partial charge on any atom is 0.266 e. The van der Waals surface area contributed by atoms with Gasteiger partial charge in [0, 0.05) is 15.7 Å². The fourth-order valence-electron chi connectivity index (χ4n) is 2.93. The Kier molecular flexibility index (Phi) is 8.88. The van der Waals surface area contributed by atoms with Gasteiger partial charge in [0.1, 0.15) is 17.4 Å². The number of amides is 2. The quantitative estimate of drug-likeness (QED) is 0.231. The van der Waals surface area contributed by atoms with Crippen LogP contribution in [0.5, 0.6) is 5.75 Å². The molecule has 2 N–H and O–H groups in total. The molecule has 0 atom stereocenters. The highest BCUT2D eigenvalue weighted by atomic mass is 79.9. The maximum atomic E-state index is 12.7. The minimum absolute atomic E-state index is 0.167. The van der Waals surface area contributed by atoms with Gasteiger partial charge in [-0.3, -0.25) is 9.59 Å². The Morgan fingerprint density at radius 1 is 1.06 bits per heavy atom. The zero-order chi connectivity index (χ0) is 24.7. The van der Waals surface area contributed by atoms with E-state index in [1.807, 2.05) is 31.2 Å². The SMILES string of the molecule is Cc1ccccc1NC(=O)COc1c(Br)cc(Br)cc1/C=C(\C#N)C(=O)Nc1ccccc1Cl. The standard InChI is InChI=1S/C25H18Br2ClN3O3/c1-15-6-2-4-8-21(15)30-23(32)14-34-24-16(11-18(26)12-19(24)27)10-17(13-29)25(33)31-22-9-5-3-7-20(22)28/h2-12H,14H2,1H3,(H,30,32)(H,31,33)/b17-10+. The highest BCUT2D eigenvalue weighted by Crippen LogP contribution is 2.34. The third-order valence-electron chi connectivity index (χ3n) is 4.59. The topological polar surface area (TPSA) is 91.2 Å². The lowest BCUT2D eigenvalue weighted by Crippen LogP contribution is -2.21. The van der Waals surface area contributed by atoms with E-state index in [4.69, 9.17) is 16.3 Å². The zero-order valence-corrected chi connectivity index (χ0v) is 21.8. The Bertz CT molecular complexity index is 1320. The number of halogens is 3. The molecule has 3 rings (SSSR count). The smallest absolute Gasteiger partial charge is 0.266 e. The minimum Gasteiger partial charge on any atom is -0.482 e. The van der Waals surface area contributed by atoms with Crippen molar-refractivity contribution in [1.82, 2.24) is 0 Å². The van der Waals surface area contributed by atoms with Gasteiger partial charge < -0.3 is 15.4 Å². The van der Waals surface area contributed by atoms with Crippen LogP contribution in [0.3, 0.4) is 0 Å². The Morgan fingerprint density at radius 2 is 1.74 bits per heavy atom. The number of ether oxygens (including phenoxy) is 1. The molecule has 3 aromatic rings. The van der Waals surface area contributed by atoms with Gasteiger partial charge in [-0.15, -0.1) is 0 Å². The Labute approximate surface area is 218 Å². The van der Waals surface area contributed by atoms with Crippen LogP contribution in [0.15, 0.2) is 75.2 Å². The van der Waals surface area contributed by atoms with Crippen molar-refractivity contribution in [2.75, 3.05) is 17.2 Å². The number of rotatable bonds is 7. The summed E-state index contributed by atoms with van der Waals surface area (Å²) in [5.41, 5.74) is 2.26. The van der Waals surface area contributed by atoms with Gasteiger partial charge in [0.2, 0.25) is 0 Å².